The number of methoxy groups -OCH3 is 2. The van der Waals surface area contributed by atoms with Crippen LogP contribution in [-0.4, -0.2) is 95.1 Å². The highest BCUT2D eigenvalue weighted by Gasteiger charge is 2.28. The molecular weight excluding hydrogens is 777 g/mol. The van der Waals surface area contributed by atoms with Crippen molar-refractivity contribution in [2.75, 3.05) is 74.8 Å². The number of sulfonamides is 1. The second-order valence-electron chi connectivity index (χ2n) is 15.0. The van der Waals surface area contributed by atoms with Crippen LogP contribution in [0.4, 0.5) is 33.5 Å². The van der Waals surface area contributed by atoms with Crippen LogP contribution in [0.3, 0.4) is 0 Å². The molecule has 312 valence electrons. The molecule has 6 rings (SSSR count). The number of morpholine rings is 1. The Hall–Kier alpha value is -6.17. The first kappa shape index (κ1) is 42.4. The van der Waals surface area contributed by atoms with E-state index >= 15 is 0 Å². The van der Waals surface area contributed by atoms with Gasteiger partial charge in [0, 0.05) is 60.0 Å². The molecule has 0 bridgehead atoms. The summed E-state index contributed by atoms with van der Waals surface area (Å²) in [6.45, 7) is 10.6. The number of nitrogens with two attached hydrogens (primary N) is 1. The van der Waals surface area contributed by atoms with Gasteiger partial charge in [0.2, 0.25) is 21.9 Å². The highest BCUT2D eigenvalue weighted by molar-refractivity contribution is 7.92. The molecule has 1 saturated heterocycles. The molecule has 1 fully saturated rings. The van der Waals surface area contributed by atoms with E-state index < -0.39 is 21.5 Å². The molecule has 0 atom stereocenters. The van der Waals surface area contributed by atoms with Crippen LogP contribution < -0.4 is 40.2 Å². The van der Waals surface area contributed by atoms with E-state index in [1.165, 1.54) is 25.3 Å². The number of aromatic nitrogens is 2. The van der Waals surface area contributed by atoms with Crippen molar-refractivity contribution >= 4 is 61.4 Å². The summed E-state index contributed by atoms with van der Waals surface area (Å²) in [7, 11) is -0.810. The van der Waals surface area contributed by atoms with Gasteiger partial charge in [-0.25, -0.2) is 18.2 Å². The molecule has 2 heterocycles. The second-order valence-corrected chi connectivity index (χ2v) is 16.7. The summed E-state index contributed by atoms with van der Waals surface area (Å²) >= 11 is 0. The van der Waals surface area contributed by atoms with Gasteiger partial charge in [0.25, 0.3) is 5.91 Å². The van der Waals surface area contributed by atoms with Crippen molar-refractivity contribution in [2.24, 2.45) is 5.73 Å². The minimum Gasteiger partial charge on any atom is -0.497 e. The van der Waals surface area contributed by atoms with Crippen molar-refractivity contribution < 1.29 is 37.0 Å². The number of nitrogens with zero attached hydrogens (tertiary/aromatic N) is 4. The zero-order valence-corrected chi connectivity index (χ0v) is 34.8. The number of benzene rings is 4. The van der Waals surface area contributed by atoms with E-state index in [1.54, 1.807) is 48.5 Å². The van der Waals surface area contributed by atoms with Crippen LogP contribution in [0.25, 0.3) is 10.8 Å². The lowest BCUT2D eigenvalue weighted by Gasteiger charge is -2.29. The standard InChI is InChI=1S/C42H50N8O8S/c1-42(2,3)28-24-33(48-59(6,53)54)38(56-5)35(25-28)50(40(43)52)34-12-13-36(32-11-8-7-10-31(32)34)58-37-14-16-45-41(47-37)46-29-22-27(23-30(26-29)55-4)39(51)44-15-9-17-49-18-20-57-21-19-49/h7-8,10-14,16,22-26,48H,9,15,17-21H2,1-6H3,(H2,43,52)(H,44,51)(H,45,46,47). The van der Waals surface area contributed by atoms with Crippen LogP contribution in [0.15, 0.2) is 79.0 Å². The van der Waals surface area contributed by atoms with E-state index in [1.807, 2.05) is 45.0 Å². The Labute approximate surface area is 344 Å². The zero-order chi connectivity index (χ0) is 42.3. The van der Waals surface area contributed by atoms with Crippen molar-refractivity contribution in [3.8, 4) is 23.1 Å². The maximum atomic E-state index is 13.4. The predicted octanol–water partition coefficient (Wildman–Crippen LogP) is 6.52. The number of carbonyl (C=O) groups excluding carboxylic acids is 2. The van der Waals surface area contributed by atoms with Crippen LogP contribution in [0.5, 0.6) is 23.1 Å². The number of urea groups is 1. The number of fused-ring (bicyclic) bond motifs is 1. The predicted molar refractivity (Wildman–Crippen MR) is 228 cm³/mol. The fourth-order valence-corrected chi connectivity index (χ4v) is 7.21. The number of nitrogens with one attached hydrogen (secondary N) is 3. The van der Waals surface area contributed by atoms with Gasteiger partial charge < -0.3 is 35.3 Å². The number of anilines is 5. The zero-order valence-electron chi connectivity index (χ0n) is 34.0. The Kier molecular flexibility index (Phi) is 13.1. The van der Waals surface area contributed by atoms with Crippen molar-refractivity contribution in [3.63, 3.8) is 0 Å². The Bertz CT molecular complexity index is 2430. The van der Waals surface area contributed by atoms with Gasteiger partial charge in [-0.05, 0) is 60.3 Å². The van der Waals surface area contributed by atoms with E-state index in [4.69, 9.17) is 24.7 Å². The Morgan fingerprint density at radius 1 is 0.949 bits per heavy atom. The molecule has 0 spiro atoms. The fourth-order valence-electron chi connectivity index (χ4n) is 6.66. The lowest BCUT2D eigenvalue weighted by Crippen LogP contribution is -2.38. The highest BCUT2D eigenvalue weighted by Crippen LogP contribution is 2.46. The first-order chi connectivity index (χ1) is 28.1. The molecule has 0 saturated carbocycles. The first-order valence-electron chi connectivity index (χ1n) is 19.0. The summed E-state index contributed by atoms with van der Waals surface area (Å²) in [5, 5.41) is 7.37. The number of hydrogen-bond donors (Lipinski definition) is 4. The lowest BCUT2D eigenvalue weighted by molar-refractivity contribution is 0.0374. The third-order valence-corrected chi connectivity index (χ3v) is 10.1. The average molecular weight is 827 g/mol. The van der Waals surface area contributed by atoms with Crippen LogP contribution in [0.2, 0.25) is 0 Å². The second kappa shape index (κ2) is 18.2. The van der Waals surface area contributed by atoms with Gasteiger partial charge in [-0.2, -0.15) is 4.98 Å². The third kappa shape index (κ3) is 10.7. The molecule has 59 heavy (non-hydrogen) atoms. The highest BCUT2D eigenvalue weighted by atomic mass is 32.2. The fraction of sp³-hybridized carbons (Fsp3) is 0.333. The number of hydrogen-bond acceptors (Lipinski definition) is 12. The van der Waals surface area contributed by atoms with Gasteiger partial charge in [0.15, 0.2) is 5.75 Å². The summed E-state index contributed by atoms with van der Waals surface area (Å²) in [5.74, 6) is 1.19. The van der Waals surface area contributed by atoms with Gasteiger partial charge in [-0.15, -0.1) is 0 Å². The van der Waals surface area contributed by atoms with Crippen LogP contribution in [-0.2, 0) is 20.2 Å². The number of primary amides is 1. The van der Waals surface area contributed by atoms with Gasteiger partial charge >= 0.3 is 6.03 Å². The molecule has 1 aliphatic heterocycles. The van der Waals surface area contributed by atoms with Gasteiger partial charge in [-0.1, -0.05) is 45.0 Å². The monoisotopic (exact) mass is 826 g/mol. The Morgan fingerprint density at radius 2 is 1.69 bits per heavy atom. The minimum absolute atomic E-state index is 0.107. The molecular formula is C42H50N8O8S. The Balaban J connectivity index is 1.26. The topological polar surface area (TPSA) is 200 Å². The van der Waals surface area contributed by atoms with E-state index in [2.05, 4.69) is 30.2 Å². The van der Waals surface area contributed by atoms with Crippen molar-refractivity contribution in [1.29, 1.82) is 0 Å². The van der Waals surface area contributed by atoms with E-state index in [-0.39, 0.29) is 34.9 Å². The summed E-state index contributed by atoms with van der Waals surface area (Å²) in [6.07, 6.45) is 3.39. The summed E-state index contributed by atoms with van der Waals surface area (Å²) < 4.78 is 50.3. The summed E-state index contributed by atoms with van der Waals surface area (Å²) in [5.41, 5.74) is 8.11. The number of ether oxygens (including phenoxy) is 4. The molecule has 5 aromatic rings. The van der Waals surface area contributed by atoms with Crippen LogP contribution in [0.1, 0.15) is 43.1 Å². The van der Waals surface area contributed by atoms with Crippen molar-refractivity contribution in [3.05, 3.63) is 90.1 Å². The maximum Gasteiger partial charge on any atom is 0.324 e. The molecule has 1 aromatic heterocycles. The van der Waals surface area contributed by atoms with Crippen LogP contribution >= 0.6 is 0 Å². The summed E-state index contributed by atoms with van der Waals surface area (Å²) in [6, 6.07) is 20.0. The molecule has 0 aliphatic carbocycles. The lowest BCUT2D eigenvalue weighted by atomic mass is 9.86. The van der Waals surface area contributed by atoms with Crippen molar-refractivity contribution in [1.82, 2.24) is 20.2 Å². The van der Waals surface area contributed by atoms with E-state index in [9.17, 15) is 18.0 Å². The molecule has 0 unspecified atom stereocenters. The molecule has 3 amide bonds. The molecule has 16 nitrogen and oxygen atoms in total. The van der Waals surface area contributed by atoms with Gasteiger partial charge in [0.1, 0.15) is 11.5 Å². The largest absolute Gasteiger partial charge is 0.497 e. The third-order valence-electron chi connectivity index (χ3n) is 9.54. The molecule has 4 aromatic carbocycles. The maximum absolute atomic E-state index is 13.4. The number of carbonyl (C=O) groups is 2. The van der Waals surface area contributed by atoms with Gasteiger partial charge in [0.05, 0.1) is 50.8 Å². The molecule has 17 heteroatoms. The SMILES string of the molecule is COc1cc(Nc2nccc(Oc3ccc(N(C(N)=O)c4cc(C(C)(C)C)cc(NS(C)(=O)=O)c4OC)c4ccccc34)n2)cc(C(=O)NCCCN2CCOCC2)c1. The number of rotatable bonds is 15. The first-order valence-corrected chi connectivity index (χ1v) is 20.9. The average Bonchev–Trinajstić information content (AvgIpc) is 3.19. The quantitative estimate of drug-likeness (QED) is 0.0835. The van der Waals surface area contributed by atoms with Gasteiger partial charge in [-0.3, -0.25) is 19.3 Å². The van der Waals surface area contributed by atoms with E-state index in [0.29, 0.717) is 45.8 Å². The Morgan fingerprint density at radius 3 is 2.37 bits per heavy atom. The smallest absolute Gasteiger partial charge is 0.324 e. The number of amides is 3. The molecule has 1 aliphatic rings. The van der Waals surface area contributed by atoms with Crippen molar-refractivity contribution in [2.45, 2.75) is 32.6 Å². The summed E-state index contributed by atoms with van der Waals surface area (Å²) in [4.78, 5) is 39.1. The molecule has 5 N–H and O–H groups in total. The molecule has 0 radical (unpaired) electrons. The normalized spacial score (nSPS) is 13.4. The minimum atomic E-state index is -3.73. The van der Waals surface area contributed by atoms with E-state index in [0.717, 1.165) is 51.1 Å². The van der Waals surface area contributed by atoms with Crippen LogP contribution in [0, 0.1) is 0 Å².